The smallest absolute Gasteiger partial charge is 0.269 e. The summed E-state index contributed by atoms with van der Waals surface area (Å²) in [5.41, 5.74) is 1.87. The van der Waals surface area contributed by atoms with Crippen LogP contribution >= 0.6 is 11.6 Å². The third kappa shape index (κ3) is 3.13. The van der Waals surface area contributed by atoms with Gasteiger partial charge in [0.15, 0.2) is 0 Å². The van der Waals surface area contributed by atoms with Crippen LogP contribution in [0.3, 0.4) is 0 Å². The van der Waals surface area contributed by atoms with Crippen LogP contribution in [-0.4, -0.2) is 18.0 Å². The number of hydrogen-bond acceptors (Lipinski definition) is 3. The Labute approximate surface area is 113 Å². The zero-order valence-electron chi connectivity index (χ0n) is 11.0. The van der Waals surface area contributed by atoms with Crippen LogP contribution in [0.4, 0.5) is 11.4 Å². The fourth-order valence-corrected chi connectivity index (χ4v) is 2.38. The minimum Gasteiger partial charge on any atom is -0.371 e. The van der Waals surface area contributed by atoms with Crippen molar-refractivity contribution in [3.05, 3.63) is 33.9 Å². The molecule has 0 atom stereocenters. The van der Waals surface area contributed by atoms with Gasteiger partial charge >= 0.3 is 0 Å². The zero-order valence-corrected chi connectivity index (χ0v) is 11.8. The van der Waals surface area contributed by atoms with E-state index < -0.39 is 4.92 Å². The number of alkyl halides is 1. The monoisotopic (exact) mass is 270 g/mol. The number of nitro benzene ring substituents is 1. The molecule has 0 aliphatic heterocycles. The third-order valence-electron chi connectivity index (χ3n) is 3.29. The van der Waals surface area contributed by atoms with E-state index in [4.69, 9.17) is 11.6 Å². The number of anilines is 1. The molecule has 0 heterocycles. The van der Waals surface area contributed by atoms with E-state index in [2.05, 4.69) is 18.7 Å². The Morgan fingerprint density at radius 2 is 2.00 bits per heavy atom. The maximum atomic E-state index is 10.7. The van der Waals surface area contributed by atoms with Crippen molar-refractivity contribution in [3.63, 3.8) is 0 Å². The van der Waals surface area contributed by atoms with Gasteiger partial charge in [-0.2, -0.15) is 0 Å². The number of hydrogen-bond donors (Lipinski definition) is 0. The summed E-state index contributed by atoms with van der Waals surface area (Å²) in [6.07, 6.45) is 2.07. The van der Waals surface area contributed by atoms with Crippen LogP contribution in [-0.2, 0) is 5.88 Å². The fraction of sp³-hybridized carbons (Fsp3) is 0.538. The lowest BCUT2D eigenvalue weighted by Crippen LogP contribution is -2.31. The van der Waals surface area contributed by atoms with Crippen molar-refractivity contribution in [2.45, 2.75) is 38.6 Å². The van der Waals surface area contributed by atoms with Crippen molar-refractivity contribution >= 4 is 23.0 Å². The van der Waals surface area contributed by atoms with Crippen molar-refractivity contribution in [2.24, 2.45) is 0 Å². The summed E-state index contributed by atoms with van der Waals surface area (Å²) in [6, 6.07) is 5.30. The molecule has 1 aromatic rings. The van der Waals surface area contributed by atoms with Gasteiger partial charge < -0.3 is 4.90 Å². The molecule has 0 unspecified atom stereocenters. The van der Waals surface area contributed by atoms with E-state index in [1.54, 1.807) is 12.1 Å². The van der Waals surface area contributed by atoms with Crippen LogP contribution in [0.1, 0.15) is 32.3 Å². The lowest BCUT2D eigenvalue weighted by Gasteiger charge is -2.30. The summed E-state index contributed by atoms with van der Waals surface area (Å²) in [6.45, 7) is 4.27. The highest BCUT2D eigenvalue weighted by Gasteiger charge is 2.17. The van der Waals surface area contributed by atoms with Gasteiger partial charge in [-0.25, -0.2) is 0 Å². The Bertz CT molecular complexity index is 419. The number of nitrogens with zero attached hydrogens (tertiary/aromatic N) is 2. The zero-order chi connectivity index (χ0) is 13.7. The van der Waals surface area contributed by atoms with Crippen molar-refractivity contribution in [1.29, 1.82) is 0 Å². The van der Waals surface area contributed by atoms with Crippen molar-refractivity contribution in [2.75, 3.05) is 11.9 Å². The second kappa shape index (κ2) is 6.59. The van der Waals surface area contributed by atoms with Crippen molar-refractivity contribution < 1.29 is 4.92 Å². The number of halogens is 1. The summed E-state index contributed by atoms with van der Waals surface area (Å²) in [5.74, 6) is 0.279. The summed E-state index contributed by atoms with van der Waals surface area (Å²) in [5, 5.41) is 10.7. The predicted molar refractivity (Wildman–Crippen MR) is 75.4 cm³/mol. The largest absolute Gasteiger partial charge is 0.371 e. The topological polar surface area (TPSA) is 46.4 Å². The second-order valence-corrected chi connectivity index (χ2v) is 4.55. The lowest BCUT2D eigenvalue weighted by molar-refractivity contribution is -0.384. The van der Waals surface area contributed by atoms with Gasteiger partial charge in [0.1, 0.15) is 0 Å². The fourth-order valence-electron chi connectivity index (χ4n) is 2.17. The summed E-state index contributed by atoms with van der Waals surface area (Å²) in [4.78, 5) is 12.5. The molecule has 0 saturated carbocycles. The highest BCUT2D eigenvalue weighted by molar-refractivity contribution is 6.17. The highest BCUT2D eigenvalue weighted by atomic mass is 35.5. The van der Waals surface area contributed by atoms with E-state index in [-0.39, 0.29) is 11.6 Å². The molecule has 0 amide bonds. The summed E-state index contributed by atoms with van der Waals surface area (Å²) < 4.78 is 0. The van der Waals surface area contributed by atoms with Gasteiger partial charge in [-0.1, -0.05) is 13.8 Å². The van der Waals surface area contributed by atoms with Gasteiger partial charge in [0.05, 0.1) is 4.92 Å². The molecule has 0 spiro atoms. The molecule has 100 valence electrons. The maximum Gasteiger partial charge on any atom is 0.269 e. The van der Waals surface area contributed by atoms with Crippen LogP contribution in [0.25, 0.3) is 0 Å². The lowest BCUT2D eigenvalue weighted by atomic mass is 10.1. The average Bonchev–Trinajstić information content (AvgIpc) is 2.39. The molecular weight excluding hydrogens is 252 g/mol. The molecule has 0 aliphatic carbocycles. The number of non-ortho nitro benzene ring substituents is 1. The molecule has 0 fully saturated rings. The quantitative estimate of drug-likeness (QED) is 0.447. The molecule has 0 aromatic heterocycles. The van der Waals surface area contributed by atoms with Crippen LogP contribution < -0.4 is 4.90 Å². The molecule has 5 heteroatoms. The van der Waals surface area contributed by atoms with E-state index in [0.717, 1.165) is 24.1 Å². The average molecular weight is 271 g/mol. The van der Waals surface area contributed by atoms with Crippen LogP contribution in [0.5, 0.6) is 0 Å². The van der Waals surface area contributed by atoms with Crippen molar-refractivity contribution in [3.8, 4) is 0 Å². The molecule has 0 bridgehead atoms. The van der Waals surface area contributed by atoms with E-state index in [1.807, 2.05) is 7.05 Å². The Kier molecular flexibility index (Phi) is 5.41. The predicted octanol–water partition coefficient (Wildman–Crippen LogP) is 3.96. The first-order valence-corrected chi connectivity index (χ1v) is 6.64. The molecule has 18 heavy (non-hydrogen) atoms. The molecule has 1 rings (SSSR count). The Morgan fingerprint density at radius 3 is 2.44 bits per heavy atom. The molecule has 4 nitrogen and oxygen atoms in total. The Balaban J connectivity index is 3.12. The third-order valence-corrected chi connectivity index (χ3v) is 3.58. The van der Waals surface area contributed by atoms with Crippen LogP contribution in [0.2, 0.25) is 0 Å². The molecule has 0 radical (unpaired) electrons. The minimum atomic E-state index is -0.392. The molecule has 1 aromatic carbocycles. The molecule has 0 saturated heterocycles. The van der Waals surface area contributed by atoms with Gasteiger partial charge in [-0.05, 0) is 24.5 Å². The van der Waals surface area contributed by atoms with Gasteiger partial charge in [0, 0.05) is 36.8 Å². The van der Waals surface area contributed by atoms with Crippen LogP contribution in [0.15, 0.2) is 18.2 Å². The van der Waals surface area contributed by atoms with E-state index in [9.17, 15) is 10.1 Å². The molecule has 0 N–H and O–H groups in total. The van der Waals surface area contributed by atoms with Gasteiger partial charge in [-0.3, -0.25) is 10.1 Å². The number of nitro groups is 1. The second-order valence-electron chi connectivity index (χ2n) is 4.28. The first-order chi connectivity index (χ1) is 8.54. The normalized spacial score (nSPS) is 10.7. The molecule has 0 aliphatic rings. The first-order valence-electron chi connectivity index (χ1n) is 6.11. The number of benzene rings is 1. The standard InChI is InChI=1S/C13H19ClN2O2/c1-4-11(5-2)15(3)13-7-6-12(16(17)18)8-10(13)9-14/h6-8,11H,4-5,9H2,1-3H3. The van der Waals surface area contributed by atoms with Gasteiger partial charge in [-0.15, -0.1) is 11.6 Å². The van der Waals surface area contributed by atoms with E-state index in [1.165, 1.54) is 6.07 Å². The van der Waals surface area contributed by atoms with Crippen molar-refractivity contribution in [1.82, 2.24) is 0 Å². The minimum absolute atomic E-state index is 0.0901. The van der Waals surface area contributed by atoms with E-state index >= 15 is 0 Å². The van der Waals surface area contributed by atoms with E-state index in [0.29, 0.717) is 6.04 Å². The Hall–Kier alpha value is -1.29. The summed E-state index contributed by atoms with van der Waals surface area (Å²) in [7, 11) is 2.01. The van der Waals surface area contributed by atoms with Crippen LogP contribution in [0, 0.1) is 10.1 Å². The number of rotatable bonds is 6. The summed E-state index contributed by atoms with van der Waals surface area (Å²) >= 11 is 5.89. The maximum absolute atomic E-state index is 10.7. The Morgan fingerprint density at radius 1 is 1.39 bits per heavy atom. The highest BCUT2D eigenvalue weighted by Crippen LogP contribution is 2.28. The van der Waals surface area contributed by atoms with Gasteiger partial charge in [0.25, 0.3) is 5.69 Å². The molecular formula is C13H19ClN2O2. The SMILES string of the molecule is CCC(CC)N(C)c1ccc([N+](=O)[O-])cc1CCl. The first kappa shape index (κ1) is 14.8. The van der Waals surface area contributed by atoms with Gasteiger partial charge in [0.2, 0.25) is 0 Å².